The van der Waals surface area contributed by atoms with Crippen LogP contribution in [0.3, 0.4) is 0 Å². The van der Waals surface area contributed by atoms with E-state index in [2.05, 4.69) is 22.2 Å². The molecule has 0 bridgehead atoms. The van der Waals surface area contributed by atoms with Gasteiger partial charge in [0, 0.05) is 13.1 Å². The smallest absolute Gasteiger partial charge is 0.263 e. The van der Waals surface area contributed by atoms with Crippen LogP contribution >= 0.6 is 11.3 Å². The van der Waals surface area contributed by atoms with E-state index in [1.807, 2.05) is 0 Å². The molecule has 6 heteroatoms. The lowest BCUT2D eigenvalue weighted by molar-refractivity contribution is -0.0300. The lowest BCUT2D eigenvalue weighted by atomic mass is 9.80. The van der Waals surface area contributed by atoms with Crippen molar-refractivity contribution in [1.82, 2.24) is 10.3 Å². The van der Waals surface area contributed by atoms with Crippen molar-refractivity contribution in [2.24, 2.45) is 0 Å². The first-order chi connectivity index (χ1) is 8.63. The van der Waals surface area contributed by atoms with E-state index in [0.717, 1.165) is 19.3 Å². The molecule has 1 aromatic rings. The predicted octanol–water partition coefficient (Wildman–Crippen LogP) is 1.39. The Hall–Kier alpha value is -1.40. The van der Waals surface area contributed by atoms with E-state index in [0.29, 0.717) is 23.1 Å². The zero-order chi connectivity index (χ0) is 13.0. The highest BCUT2D eigenvalue weighted by Gasteiger charge is 2.34. The molecule has 1 heterocycles. The van der Waals surface area contributed by atoms with Crippen LogP contribution in [0.25, 0.3) is 0 Å². The van der Waals surface area contributed by atoms with Crippen molar-refractivity contribution < 1.29 is 9.90 Å². The van der Waals surface area contributed by atoms with Gasteiger partial charge in [-0.3, -0.25) is 4.79 Å². The normalized spacial score (nSPS) is 16.7. The molecule has 0 aliphatic heterocycles. The Morgan fingerprint density at radius 3 is 3.06 bits per heavy atom. The van der Waals surface area contributed by atoms with E-state index in [1.54, 1.807) is 6.08 Å². The second kappa shape index (κ2) is 5.49. The van der Waals surface area contributed by atoms with Gasteiger partial charge in [0.05, 0.1) is 11.8 Å². The SMILES string of the molecule is C=CCNc1ncc(C(=O)NCC2(O)CCC2)s1. The van der Waals surface area contributed by atoms with Crippen molar-refractivity contribution in [3.8, 4) is 0 Å². The zero-order valence-corrected chi connectivity index (χ0v) is 10.9. The van der Waals surface area contributed by atoms with Crippen molar-refractivity contribution in [1.29, 1.82) is 0 Å². The molecule has 1 aromatic heterocycles. The maximum atomic E-state index is 11.8. The average molecular weight is 267 g/mol. The monoisotopic (exact) mass is 267 g/mol. The molecule has 3 N–H and O–H groups in total. The van der Waals surface area contributed by atoms with Gasteiger partial charge >= 0.3 is 0 Å². The number of aromatic nitrogens is 1. The van der Waals surface area contributed by atoms with Gasteiger partial charge in [0.25, 0.3) is 5.91 Å². The van der Waals surface area contributed by atoms with E-state index in [-0.39, 0.29) is 5.91 Å². The molecule has 0 aromatic carbocycles. The number of hydrogen-bond acceptors (Lipinski definition) is 5. The van der Waals surface area contributed by atoms with Crippen molar-refractivity contribution in [3.63, 3.8) is 0 Å². The summed E-state index contributed by atoms with van der Waals surface area (Å²) >= 11 is 1.29. The molecule has 18 heavy (non-hydrogen) atoms. The van der Waals surface area contributed by atoms with Gasteiger partial charge in [-0.1, -0.05) is 17.4 Å². The molecule has 0 atom stereocenters. The molecule has 98 valence electrons. The molecule has 1 aliphatic carbocycles. The fraction of sp³-hybridized carbons (Fsp3) is 0.500. The van der Waals surface area contributed by atoms with Gasteiger partial charge in [0.2, 0.25) is 0 Å². The third-order valence-electron chi connectivity index (χ3n) is 2.99. The largest absolute Gasteiger partial charge is 0.388 e. The highest BCUT2D eigenvalue weighted by Crippen LogP contribution is 2.30. The zero-order valence-electron chi connectivity index (χ0n) is 10.1. The van der Waals surface area contributed by atoms with Crippen LogP contribution in [0.2, 0.25) is 0 Å². The average Bonchev–Trinajstić information content (AvgIpc) is 2.79. The van der Waals surface area contributed by atoms with Crippen LogP contribution in [0.4, 0.5) is 5.13 Å². The van der Waals surface area contributed by atoms with Gasteiger partial charge in [-0.05, 0) is 19.3 Å². The Kier molecular flexibility index (Phi) is 3.98. The van der Waals surface area contributed by atoms with Crippen LogP contribution in [-0.4, -0.2) is 34.7 Å². The van der Waals surface area contributed by atoms with E-state index in [9.17, 15) is 9.90 Å². The summed E-state index contributed by atoms with van der Waals surface area (Å²) in [6, 6.07) is 0. The summed E-state index contributed by atoms with van der Waals surface area (Å²) in [7, 11) is 0. The number of aliphatic hydroxyl groups is 1. The number of carbonyl (C=O) groups is 1. The molecule has 1 saturated carbocycles. The minimum absolute atomic E-state index is 0.181. The van der Waals surface area contributed by atoms with Gasteiger partial charge in [-0.15, -0.1) is 6.58 Å². The van der Waals surface area contributed by atoms with Crippen LogP contribution in [-0.2, 0) is 0 Å². The van der Waals surface area contributed by atoms with E-state index in [1.165, 1.54) is 17.5 Å². The van der Waals surface area contributed by atoms with Crippen molar-refractivity contribution in [3.05, 3.63) is 23.7 Å². The maximum absolute atomic E-state index is 11.8. The summed E-state index contributed by atoms with van der Waals surface area (Å²) in [6.07, 6.45) is 5.83. The summed E-state index contributed by atoms with van der Waals surface area (Å²) in [5.74, 6) is -0.181. The molecule has 1 fully saturated rings. The van der Waals surface area contributed by atoms with Gasteiger partial charge in [0.15, 0.2) is 5.13 Å². The van der Waals surface area contributed by atoms with Gasteiger partial charge < -0.3 is 15.7 Å². The third-order valence-corrected chi connectivity index (χ3v) is 3.94. The van der Waals surface area contributed by atoms with Crippen LogP contribution in [0, 0.1) is 0 Å². The van der Waals surface area contributed by atoms with E-state index >= 15 is 0 Å². The van der Waals surface area contributed by atoms with Crippen molar-refractivity contribution >= 4 is 22.4 Å². The first-order valence-electron chi connectivity index (χ1n) is 5.94. The van der Waals surface area contributed by atoms with Crippen LogP contribution in [0.1, 0.15) is 28.9 Å². The topological polar surface area (TPSA) is 74.2 Å². The molecule has 5 nitrogen and oxygen atoms in total. The molecule has 1 aliphatic rings. The second-order valence-corrected chi connectivity index (χ2v) is 5.49. The van der Waals surface area contributed by atoms with Crippen LogP contribution < -0.4 is 10.6 Å². The van der Waals surface area contributed by atoms with Crippen molar-refractivity contribution in [2.75, 3.05) is 18.4 Å². The molecule has 1 amide bonds. The number of anilines is 1. The standard InChI is InChI=1S/C12H17N3O2S/c1-2-6-13-11-14-7-9(18-11)10(16)15-8-12(17)4-3-5-12/h2,7,17H,1,3-6,8H2,(H,13,14)(H,15,16). The maximum Gasteiger partial charge on any atom is 0.263 e. The molecular formula is C12H17N3O2S. The second-order valence-electron chi connectivity index (χ2n) is 4.46. The molecule has 0 radical (unpaired) electrons. The van der Waals surface area contributed by atoms with Crippen LogP contribution in [0.15, 0.2) is 18.9 Å². The Labute approximate surface area is 110 Å². The fourth-order valence-corrected chi connectivity index (χ4v) is 2.45. The first-order valence-corrected chi connectivity index (χ1v) is 6.76. The summed E-state index contributed by atoms with van der Waals surface area (Å²) in [4.78, 5) is 16.5. The lowest BCUT2D eigenvalue weighted by Crippen LogP contribution is -2.47. The molecule has 2 rings (SSSR count). The minimum atomic E-state index is -0.690. The summed E-state index contributed by atoms with van der Waals surface area (Å²) < 4.78 is 0. The number of rotatable bonds is 6. The quantitative estimate of drug-likeness (QED) is 0.681. The Balaban J connectivity index is 1.84. The van der Waals surface area contributed by atoms with Gasteiger partial charge in [-0.2, -0.15) is 0 Å². The summed E-state index contributed by atoms with van der Waals surface area (Å²) in [6.45, 7) is 4.54. The summed E-state index contributed by atoms with van der Waals surface area (Å²) in [5, 5.41) is 16.3. The van der Waals surface area contributed by atoms with E-state index < -0.39 is 5.60 Å². The number of nitrogens with zero attached hydrogens (tertiary/aromatic N) is 1. The van der Waals surface area contributed by atoms with E-state index in [4.69, 9.17) is 0 Å². The molecule has 0 unspecified atom stereocenters. The lowest BCUT2D eigenvalue weighted by Gasteiger charge is -2.36. The highest BCUT2D eigenvalue weighted by atomic mass is 32.1. The number of hydrogen-bond donors (Lipinski definition) is 3. The highest BCUT2D eigenvalue weighted by molar-refractivity contribution is 7.17. The Morgan fingerprint density at radius 2 is 2.44 bits per heavy atom. The first kappa shape index (κ1) is 13.0. The number of thiazole rings is 1. The third kappa shape index (κ3) is 3.08. The fourth-order valence-electron chi connectivity index (χ4n) is 1.71. The summed E-state index contributed by atoms with van der Waals surface area (Å²) in [5.41, 5.74) is -0.690. The number of carbonyl (C=O) groups excluding carboxylic acids is 1. The minimum Gasteiger partial charge on any atom is -0.388 e. The van der Waals surface area contributed by atoms with Crippen molar-refractivity contribution in [2.45, 2.75) is 24.9 Å². The Morgan fingerprint density at radius 1 is 1.67 bits per heavy atom. The number of amides is 1. The Bertz CT molecular complexity index is 440. The van der Waals surface area contributed by atoms with Crippen LogP contribution in [0.5, 0.6) is 0 Å². The molecular weight excluding hydrogens is 250 g/mol. The van der Waals surface area contributed by atoms with Gasteiger partial charge in [-0.25, -0.2) is 4.98 Å². The van der Waals surface area contributed by atoms with Gasteiger partial charge in [0.1, 0.15) is 4.88 Å². The molecule has 0 saturated heterocycles. The predicted molar refractivity (Wildman–Crippen MR) is 71.9 cm³/mol. The number of nitrogens with one attached hydrogen (secondary N) is 2. The molecule has 0 spiro atoms.